The number of hydrogen-bond donors (Lipinski definition) is 0. The first-order valence-corrected chi connectivity index (χ1v) is 6.55. The highest BCUT2D eigenvalue weighted by Gasteiger charge is 2.11. The lowest BCUT2D eigenvalue weighted by molar-refractivity contribution is 0.421. The standard InChI is InChI=1S/C16H25N/c1-6-14(12-13(3)4)15-8-10-16(11-9-15)17(5)7-2/h8,10,12H,3,6-7,9,11H2,1-2,4-5H3/b14-12+. The van der Waals surface area contributed by atoms with E-state index in [1.54, 1.807) is 0 Å². The van der Waals surface area contributed by atoms with Crippen molar-refractivity contribution >= 4 is 0 Å². The summed E-state index contributed by atoms with van der Waals surface area (Å²) in [6.45, 7) is 11.5. The molecule has 17 heavy (non-hydrogen) atoms. The van der Waals surface area contributed by atoms with E-state index >= 15 is 0 Å². The summed E-state index contributed by atoms with van der Waals surface area (Å²) in [5.74, 6) is 0. The molecule has 0 fully saturated rings. The number of hydrogen-bond acceptors (Lipinski definition) is 1. The van der Waals surface area contributed by atoms with E-state index in [0.717, 1.165) is 31.4 Å². The maximum absolute atomic E-state index is 3.97. The second-order valence-electron chi connectivity index (χ2n) is 4.73. The van der Waals surface area contributed by atoms with Crippen molar-refractivity contribution in [3.63, 3.8) is 0 Å². The van der Waals surface area contributed by atoms with Crippen molar-refractivity contribution in [2.45, 2.75) is 40.0 Å². The fraction of sp³-hybridized carbons (Fsp3) is 0.500. The van der Waals surface area contributed by atoms with Gasteiger partial charge in [-0.25, -0.2) is 0 Å². The molecule has 0 atom stereocenters. The van der Waals surface area contributed by atoms with E-state index in [9.17, 15) is 0 Å². The summed E-state index contributed by atoms with van der Waals surface area (Å²) < 4.78 is 0. The first kappa shape index (κ1) is 13.8. The van der Waals surface area contributed by atoms with Crippen LogP contribution in [0.25, 0.3) is 0 Å². The van der Waals surface area contributed by atoms with Crippen LogP contribution in [0.15, 0.2) is 47.2 Å². The molecule has 0 N–H and O–H groups in total. The lowest BCUT2D eigenvalue weighted by Gasteiger charge is -2.24. The van der Waals surface area contributed by atoms with E-state index in [-0.39, 0.29) is 0 Å². The molecule has 94 valence electrons. The quantitative estimate of drug-likeness (QED) is 0.632. The summed E-state index contributed by atoms with van der Waals surface area (Å²) in [7, 11) is 2.16. The Hall–Kier alpha value is -1.24. The number of rotatable bonds is 5. The monoisotopic (exact) mass is 231 g/mol. The van der Waals surface area contributed by atoms with E-state index in [0.29, 0.717) is 0 Å². The molecule has 0 amide bonds. The van der Waals surface area contributed by atoms with E-state index in [1.165, 1.54) is 16.8 Å². The zero-order valence-corrected chi connectivity index (χ0v) is 11.7. The van der Waals surface area contributed by atoms with Crippen LogP contribution in [0.1, 0.15) is 40.0 Å². The lowest BCUT2D eigenvalue weighted by Crippen LogP contribution is -2.18. The molecule has 1 rings (SSSR count). The van der Waals surface area contributed by atoms with Crippen molar-refractivity contribution in [3.8, 4) is 0 Å². The molecular formula is C16H25N. The van der Waals surface area contributed by atoms with Crippen LogP contribution in [-0.2, 0) is 0 Å². The molecule has 1 nitrogen and oxygen atoms in total. The van der Waals surface area contributed by atoms with Crippen molar-refractivity contribution in [1.29, 1.82) is 0 Å². The summed E-state index contributed by atoms with van der Waals surface area (Å²) >= 11 is 0. The molecule has 0 aliphatic heterocycles. The van der Waals surface area contributed by atoms with E-state index in [2.05, 4.69) is 57.5 Å². The number of nitrogens with zero attached hydrogens (tertiary/aromatic N) is 1. The summed E-state index contributed by atoms with van der Waals surface area (Å²) in [5.41, 5.74) is 5.50. The van der Waals surface area contributed by atoms with Gasteiger partial charge in [0.1, 0.15) is 0 Å². The Labute approximate surface area is 106 Å². The molecule has 0 aromatic carbocycles. The van der Waals surface area contributed by atoms with Crippen molar-refractivity contribution in [1.82, 2.24) is 4.90 Å². The lowest BCUT2D eigenvalue weighted by atomic mass is 9.92. The largest absolute Gasteiger partial charge is 0.378 e. The van der Waals surface area contributed by atoms with Crippen LogP contribution < -0.4 is 0 Å². The zero-order chi connectivity index (χ0) is 12.8. The molecule has 0 saturated carbocycles. The van der Waals surface area contributed by atoms with E-state index < -0.39 is 0 Å². The minimum absolute atomic E-state index is 1.08. The molecule has 0 saturated heterocycles. The first-order valence-electron chi connectivity index (χ1n) is 6.55. The van der Waals surface area contributed by atoms with Gasteiger partial charge in [-0.3, -0.25) is 0 Å². The van der Waals surface area contributed by atoms with Gasteiger partial charge in [-0.05, 0) is 50.3 Å². The molecule has 0 aromatic rings. The summed E-state index contributed by atoms with van der Waals surface area (Å²) in [6, 6.07) is 0. The maximum Gasteiger partial charge on any atom is 0.0143 e. The third kappa shape index (κ3) is 3.92. The Bertz CT molecular complexity index is 369. The van der Waals surface area contributed by atoms with E-state index in [4.69, 9.17) is 0 Å². The molecule has 0 unspecified atom stereocenters. The SMILES string of the molecule is C=C(C)/C=C(\CC)C1=CC=C(N(C)CC)CC1. The van der Waals surface area contributed by atoms with Crippen molar-refractivity contribution < 1.29 is 0 Å². The molecular weight excluding hydrogens is 206 g/mol. The topological polar surface area (TPSA) is 3.24 Å². The van der Waals surface area contributed by atoms with Crippen LogP contribution in [0.3, 0.4) is 0 Å². The van der Waals surface area contributed by atoms with Crippen molar-refractivity contribution in [2.75, 3.05) is 13.6 Å². The van der Waals surface area contributed by atoms with Crippen LogP contribution in [0.5, 0.6) is 0 Å². The Morgan fingerprint density at radius 2 is 2.06 bits per heavy atom. The van der Waals surface area contributed by atoms with Gasteiger partial charge in [0, 0.05) is 19.3 Å². The second-order valence-corrected chi connectivity index (χ2v) is 4.73. The van der Waals surface area contributed by atoms with Gasteiger partial charge in [0.2, 0.25) is 0 Å². The third-order valence-corrected chi connectivity index (χ3v) is 3.31. The van der Waals surface area contributed by atoms with Crippen LogP contribution in [0.4, 0.5) is 0 Å². The zero-order valence-electron chi connectivity index (χ0n) is 11.7. The Balaban J connectivity index is 2.85. The minimum Gasteiger partial charge on any atom is -0.378 e. The second kappa shape index (κ2) is 6.48. The highest BCUT2D eigenvalue weighted by molar-refractivity contribution is 5.40. The van der Waals surface area contributed by atoms with Gasteiger partial charge < -0.3 is 4.90 Å². The van der Waals surface area contributed by atoms with Crippen LogP contribution in [0.2, 0.25) is 0 Å². The van der Waals surface area contributed by atoms with Crippen LogP contribution in [-0.4, -0.2) is 18.5 Å². The Morgan fingerprint density at radius 1 is 1.35 bits per heavy atom. The average molecular weight is 231 g/mol. The molecule has 0 radical (unpaired) electrons. The highest BCUT2D eigenvalue weighted by Crippen LogP contribution is 2.27. The van der Waals surface area contributed by atoms with E-state index in [1.807, 2.05) is 0 Å². The van der Waals surface area contributed by atoms with Gasteiger partial charge in [-0.15, -0.1) is 0 Å². The van der Waals surface area contributed by atoms with Gasteiger partial charge in [0.25, 0.3) is 0 Å². The van der Waals surface area contributed by atoms with Crippen molar-refractivity contribution in [2.24, 2.45) is 0 Å². The predicted octanol–water partition coefficient (Wildman–Crippen LogP) is 4.45. The fourth-order valence-corrected chi connectivity index (χ4v) is 2.13. The van der Waals surface area contributed by atoms with Crippen LogP contribution >= 0.6 is 0 Å². The smallest absolute Gasteiger partial charge is 0.0143 e. The summed E-state index contributed by atoms with van der Waals surface area (Å²) in [5, 5.41) is 0. The number of allylic oxidation sites excluding steroid dienone is 7. The van der Waals surface area contributed by atoms with Crippen LogP contribution in [0, 0.1) is 0 Å². The normalized spacial score (nSPS) is 16.4. The van der Waals surface area contributed by atoms with Gasteiger partial charge >= 0.3 is 0 Å². The molecule has 0 spiro atoms. The summed E-state index contributed by atoms with van der Waals surface area (Å²) in [4.78, 5) is 2.32. The molecule has 0 heterocycles. The molecule has 0 aromatic heterocycles. The molecule has 1 aliphatic rings. The first-order chi connectivity index (χ1) is 8.08. The molecule has 1 aliphatic carbocycles. The van der Waals surface area contributed by atoms with Crippen molar-refractivity contribution in [3.05, 3.63) is 47.2 Å². The third-order valence-electron chi connectivity index (χ3n) is 3.31. The fourth-order valence-electron chi connectivity index (χ4n) is 2.13. The highest BCUT2D eigenvalue weighted by atomic mass is 15.1. The molecule has 1 heteroatoms. The molecule has 0 bridgehead atoms. The van der Waals surface area contributed by atoms with Gasteiger partial charge in [-0.2, -0.15) is 0 Å². The Morgan fingerprint density at radius 3 is 2.47 bits per heavy atom. The summed E-state index contributed by atoms with van der Waals surface area (Å²) in [6.07, 6.45) is 10.2. The van der Waals surface area contributed by atoms with Gasteiger partial charge in [0.05, 0.1) is 0 Å². The van der Waals surface area contributed by atoms with Gasteiger partial charge in [-0.1, -0.05) is 31.2 Å². The Kier molecular flexibility index (Phi) is 5.27. The average Bonchev–Trinajstić information content (AvgIpc) is 2.35. The minimum atomic E-state index is 1.08. The maximum atomic E-state index is 3.97. The van der Waals surface area contributed by atoms with Gasteiger partial charge in [0.15, 0.2) is 0 Å². The predicted molar refractivity (Wildman–Crippen MR) is 76.9 cm³/mol.